The van der Waals surface area contributed by atoms with Gasteiger partial charge in [0.1, 0.15) is 5.65 Å². The third kappa shape index (κ3) is 4.30. The average molecular weight is 437 g/mol. The van der Waals surface area contributed by atoms with Crippen LogP contribution in [0.1, 0.15) is 40.9 Å². The van der Waals surface area contributed by atoms with Crippen LogP contribution in [0.25, 0.3) is 16.7 Å². The lowest BCUT2D eigenvalue weighted by atomic mass is 10.1. The quantitative estimate of drug-likeness (QED) is 0.662. The molecule has 1 fully saturated rings. The summed E-state index contributed by atoms with van der Waals surface area (Å²) in [4.78, 5) is 30.1. The molecule has 164 valence electrons. The number of pyridine rings is 1. The van der Waals surface area contributed by atoms with Crippen molar-refractivity contribution in [2.75, 3.05) is 13.1 Å². The molecule has 0 unspecified atom stereocenters. The van der Waals surface area contributed by atoms with Crippen LogP contribution >= 0.6 is 0 Å². The zero-order valence-corrected chi connectivity index (χ0v) is 17.2. The van der Waals surface area contributed by atoms with Crippen LogP contribution in [0.15, 0.2) is 42.6 Å². The van der Waals surface area contributed by atoms with E-state index >= 15 is 0 Å². The first-order valence-electron chi connectivity index (χ1n) is 10.2. The van der Waals surface area contributed by atoms with Gasteiger partial charge in [0.25, 0.3) is 11.8 Å². The molecule has 7 nitrogen and oxygen atoms in total. The number of aromatic nitrogens is 2. The molecule has 0 bridgehead atoms. The Balaban J connectivity index is 1.71. The summed E-state index contributed by atoms with van der Waals surface area (Å²) in [5, 5.41) is 9.73. The molecule has 0 atom stereocenters. The van der Waals surface area contributed by atoms with Crippen LogP contribution < -0.4 is 5.73 Å². The fourth-order valence-electron chi connectivity index (χ4n) is 3.89. The predicted octanol–water partition coefficient (Wildman–Crippen LogP) is 3.19. The number of nitrogens with zero attached hydrogens (tertiary/aromatic N) is 4. The molecular formula is C23H21F2N5O2. The second kappa shape index (κ2) is 8.38. The summed E-state index contributed by atoms with van der Waals surface area (Å²) < 4.78 is 28.7. The predicted molar refractivity (Wildman–Crippen MR) is 113 cm³/mol. The van der Waals surface area contributed by atoms with Gasteiger partial charge in [0.2, 0.25) is 5.91 Å². The molecule has 3 aromatic rings. The Morgan fingerprint density at radius 1 is 1.16 bits per heavy atom. The number of likely N-dealkylation sites (tertiary alicyclic amines) is 1. The third-order valence-electron chi connectivity index (χ3n) is 5.63. The fraction of sp³-hybridized carbons (Fsp3) is 0.304. The lowest BCUT2D eigenvalue weighted by molar-refractivity contribution is -0.118. The maximum Gasteiger partial charge on any atom is 0.255 e. The molecule has 2 aromatic heterocycles. The summed E-state index contributed by atoms with van der Waals surface area (Å²) in [6.07, 6.45) is 1.26. The molecule has 0 aliphatic carbocycles. The van der Waals surface area contributed by atoms with Crippen LogP contribution in [0.2, 0.25) is 0 Å². The summed E-state index contributed by atoms with van der Waals surface area (Å²) in [7, 11) is 0. The number of nitrogens with two attached hydrogens (primary N) is 1. The largest absolute Gasteiger partial charge is 0.370 e. The van der Waals surface area contributed by atoms with Crippen LogP contribution in [0.3, 0.4) is 0 Å². The van der Waals surface area contributed by atoms with Crippen LogP contribution in [0.4, 0.5) is 8.78 Å². The van der Waals surface area contributed by atoms with Crippen LogP contribution in [-0.2, 0) is 11.2 Å². The van der Waals surface area contributed by atoms with Gasteiger partial charge in [-0.25, -0.2) is 13.8 Å². The van der Waals surface area contributed by atoms with Crippen LogP contribution in [0, 0.1) is 11.3 Å². The Bertz CT molecular complexity index is 1220. The first kappa shape index (κ1) is 21.4. The summed E-state index contributed by atoms with van der Waals surface area (Å²) in [6, 6.07) is 12.5. The van der Waals surface area contributed by atoms with E-state index in [-0.39, 0.29) is 38.3 Å². The molecule has 0 saturated carbocycles. The normalized spacial score (nSPS) is 15.5. The number of carbonyl (C=O) groups excluding carboxylic acids is 2. The minimum absolute atomic E-state index is 0.0000146. The van der Waals surface area contributed by atoms with E-state index in [0.29, 0.717) is 28.6 Å². The minimum atomic E-state index is -2.73. The number of rotatable bonds is 5. The Morgan fingerprint density at radius 3 is 2.47 bits per heavy atom. The van der Waals surface area contributed by atoms with E-state index in [2.05, 4.69) is 11.1 Å². The number of fused-ring (bicyclic) bond motifs is 1. The van der Waals surface area contributed by atoms with Crippen molar-refractivity contribution in [2.24, 2.45) is 5.73 Å². The molecule has 9 heteroatoms. The molecule has 0 radical (unpaired) electrons. The number of nitriles is 1. The van der Waals surface area contributed by atoms with Crippen molar-refractivity contribution in [1.82, 2.24) is 14.5 Å². The van der Waals surface area contributed by atoms with Gasteiger partial charge in [-0.1, -0.05) is 0 Å². The molecule has 32 heavy (non-hydrogen) atoms. The molecule has 3 heterocycles. The highest BCUT2D eigenvalue weighted by atomic mass is 19.3. The van der Waals surface area contributed by atoms with Gasteiger partial charge in [0.15, 0.2) is 0 Å². The highest BCUT2D eigenvalue weighted by Crippen LogP contribution is 2.29. The van der Waals surface area contributed by atoms with Gasteiger partial charge in [-0.2, -0.15) is 5.26 Å². The van der Waals surface area contributed by atoms with Gasteiger partial charge in [0, 0.05) is 55.3 Å². The van der Waals surface area contributed by atoms with Gasteiger partial charge < -0.3 is 10.6 Å². The van der Waals surface area contributed by atoms with Crippen molar-refractivity contribution in [2.45, 2.75) is 31.6 Å². The first-order valence-corrected chi connectivity index (χ1v) is 10.2. The van der Waals surface area contributed by atoms with E-state index in [9.17, 15) is 18.4 Å². The van der Waals surface area contributed by atoms with Crippen molar-refractivity contribution < 1.29 is 18.4 Å². The molecule has 2 amide bonds. The van der Waals surface area contributed by atoms with E-state index in [1.165, 1.54) is 11.1 Å². The molecule has 1 aliphatic heterocycles. The molecule has 1 saturated heterocycles. The molecular weight excluding hydrogens is 416 g/mol. The van der Waals surface area contributed by atoms with E-state index in [1.54, 1.807) is 30.3 Å². The number of primary amides is 1. The van der Waals surface area contributed by atoms with Crippen molar-refractivity contribution in [3.63, 3.8) is 0 Å². The standard InChI is InChI=1S/C23H21F2N5O2/c24-23(25)7-9-29(10-8-23)22(32)17-11-16-12-19(5-6-20(27)31)30(21(16)28-14-17)18-3-1-15(13-26)2-4-18/h1-4,11-12,14H,5-10H2,(H2,27,31). The molecule has 4 rings (SSSR count). The smallest absolute Gasteiger partial charge is 0.255 e. The van der Waals surface area contributed by atoms with Crippen molar-refractivity contribution >= 4 is 22.8 Å². The highest BCUT2D eigenvalue weighted by Gasteiger charge is 2.35. The number of piperidine rings is 1. The zero-order valence-electron chi connectivity index (χ0n) is 17.2. The third-order valence-corrected chi connectivity index (χ3v) is 5.63. The monoisotopic (exact) mass is 437 g/mol. The Labute approximate surface area is 183 Å². The van der Waals surface area contributed by atoms with Crippen LogP contribution in [0.5, 0.6) is 0 Å². The summed E-state index contributed by atoms with van der Waals surface area (Å²) in [5.74, 6) is -3.50. The number of amides is 2. The van der Waals surface area contributed by atoms with E-state index in [1.807, 2.05) is 10.6 Å². The van der Waals surface area contributed by atoms with Crippen LogP contribution in [-0.4, -0.2) is 45.3 Å². The van der Waals surface area contributed by atoms with E-state index < -0.39 is 11.8 Å². The Hall–Kier alpha value is -3.80. The lowest BCUT2D eigenvalue weighted by Crippen LogP contribution is -2.42. The number of aryl methyl sites for hydroxylation is 1. The summed E-state index contributed by atoms with van der Waals surface area (Å²) in [5.41, 5.74) is 8.26. The van der Waals surface area contributed by atoms with Crippen molar-refractivity contribution in [1.29, 1.82) is 5.26 Å². The fourth-order valence-corrected chi connectivity index (χ4v) is 3.89. The van der Waals surface area contributed by atoms with Crippen molar-refractivity contribution in [3.05, 3.63) is 59.4 Å². The lowest BCUT2D eigenvalue weighted by Gasteiger charge is -2.31. The second-order valence-corrected chi connectivity index (χ2v) is 7.88. The zero-order chi connectivity index (χ0) is 22.9. The topological polar surface area (TPSA) is 105 Å². The van der Waals surface area contributed by atoms with E-state index in [4.69, 9.17) is 11.0 Å². The molecule has 0 spiro atoms. The maximum absolute atomic E-state index is 13.4. The number of alkyl halides is 2. The Kier molecular flexibility index (Phi) is 5.61. The van der Waals surface area contributed by atoms with Crippen molar-refractivity contribution in [3.8, 4) is 11.8 Å². The minimum Gasteiger partial charge on any atom is -0.370 e. The number of benzene rings is 1. The highest BCUT2D eigenvalue weighted by molar-refractivity contribution is 5.97. The average Bonchev–Trinajstić information content (AvgIpc) is 3.15. The van der Waals surface area contributed by atoms with Gasteiger partial charge >= 0.3 is 0 Å². The van der Waals surface area contributed by atoms with E-state index in [0.717, 1.165) is 11.4 Å². The second-order valence-electron chi connectivity index (χ2n) is 7.88. The molecule has 2 N–H and O–H groups in total. The van der Waals surface area contributed by atoms with Gasteiger partial charge in [-0.3, -0.25) is 14.2 Å². The number of hydrogen-bond acceptors (Lipinski definition) is 4. The van der Waals surface area contributed by atoms with Gasteiger partial charge in [0.05, 0.1) is 17.2 Å². The number of hydrogen-bond donors (Lipinski definition) is 1. The first-order chi connectivity index (χ1) is 15.3. The summed E-state index contributed by atoms with van der Waals surface area (Å²) in [6.45, 7) is -0.0000292. The maximum atomic E-state index is 13.4. The number of carbonyl (C=O) groups is 2. The van der Waals surface area contributed by atoms with Gasteiger partial charge in [-0.05, 0) is 42.8 Å². The summed E-state index contributed by atoms with van der Waals surface area (Å²) >= 11 is 0. The Morgan fingerprint density at radius 2 is 1.84 bits per heavy atom. The SMILES string of the molecule is N#Cc1ccc(-n2c(CCC(N)=O)cc3cc(C(=O)N4CCC(F)(F)CC4)cnc32)cc1. The molecule has 1 aliphatic rings. The number of halogens is 2. The molecule has 1 aromatic carbocycles. The van der Waals surface area contributed by atoms with Gasteiger partial charge in [-0.15, -0.1) is 0 Å².